The molecule has 0 atom stereocenters. The van der Waals surface area contributed by atoms with Crippen LogP contribution < -0.4 is 5.32 Å². The standard InChI is InChI=1S/C15H13ClFN3OS/c16-15-19-13(18-6-1-7-21)12-11(8-22-14(12)20-15)9-2-4-10(17)5-3-9/h2-5,8,21H,1,6-7H2,(H,18,19,20). The summed E-state index contributed by atoms with van der Waals surface area (Å²) in [5.74, 6) is 0.355. The van der Waals surface area contributed by atoms with Crippen LogP contribution >= 0.6 is 22.9 Å². The number of aliphatic hydroxyl groups is 1. The Bertz CT molecular complexity index is 791. The summed E-state index contributed by atoms with van der Waals surface area (Å²) >= 11 is 7.42. The van der Waals surface area contributed by atoms with Crippen molar-refractivity contribution in [1.29, 1.82) is 0 Å². The Kier molecular flexibility index (Phi) is 4.52. The van der Waals surface area contributed by atoms with Crippen molar-refractivity contribution in [1.82, 2.24) is 9.97 Å². The summed E-state index contributed by atoms with van der Waals surface area (Å²) < 4.78 is 13.1. The molecule has 1 aromatic carbocycles. The predicted molar refractivity (Wildman–Crippen MR) is 88.0 cm³/mol. The van der Waals surface area contributed by atoms with Gasteiger partial charge in [-0.15, -0.1) is 11.3 Å². The van der Waals surface area contributed by atoms with Gasteiger partial charge in [0.05, 0.1) is 5.39 Å². The average Bonchev–Trinajstić information content (AvgIpc) is 2.92. The highest BCUT2D eigenvalue weighted by atomic mass is 35.5. The second-order valence-corrected chi connectivity index (χ2v) is 5.88. The molecule has 2 aromatic heterocycles. The molecule has 114 valence electrons. The monoisotopic (exact) mass is 337 g/mol. The van der Waals surface area contributed by atoms with Crippen LogP contribution in [-0.2, 0) is 0 Å². The Hall–Kier alpha value is -1.76. The number of hydrogen-bond donors (Lipinski definition) is 2. The smallest absolute Gasteiger partial charge is 0.225 e. The molecule has 3 rings (SSSR count). The van der Waals surface area contributed by atoms with Crippen molar-refractivity contribution in [2.24, 2.45) is 0 Å². The highest BCUT2D eigenvalue weighted by Crippen LogP contribution is 2.37. The van der Waals surface area contributed by atoms with Crippen LogP contribution in [0.15, 0.2) is 29.6 Å². The molecule has 7 heteroatoms. The molecule has 2 heterocycles. The lowest BCUT2D eigenvalue weighted by molar-refractivity contribution is 0.292. The third-order valence-corrected chi connectivity index (χ3v) is 4.23. The molecule has 0 spiro atoms. The normalized spacial score (nSPS) is 11.0. The van der Waals surface area contributed by atoms with Crippen molar-refractivity contribution in [2.75, 3.05) is 18.5 Å². The number of thiophene rings is 1. The van der Waals surface area contributed by atoms with Crippen LogP contribution in [-0.4, -0.2) is 28.2 Å². The second kappa shape index (κ2) is 6.56. The zero-order chi connectivity index (χ0) is 15.5. The number of fused-ring (bicyclic) bond motifs is 1. The summed E-state index contributed by atoms with van der Waals surface area (Å²) in [6, 6.07) is 6.30. The van der Waals surface area contributed by atoms with Crippen molar-refractivity contribution in [3.05, 3.63) is 40.7 Å². The summed E-state index contributed by atoms with van der Waals surface area (Å²) in [5.41, 5.74) is 1.83. The Morgan fingerprint density at radius 2 is 2.00 bits per heavy atom. The summed E-state index contributed by atoms with van der Waals surface area (Å²) in [4.78, 5) is 9.25. The highest BCUT2D eigenvalue weighted by molar-refractivity contribution is 7.17. The lowest BCUT2D eigenvalue weighted by atomic mass is 10.1. The molecule has 0 bridgehead atoms. The number of nitrogens with one attached hydrogen (secondary N) is 1. The molecule has 2 N–H and O–H groups in total. The van der Waals surface area contributed by atoms with E-state index < -0.39 is 0 Å². The van der Waals surface area contributed by atoms with E-state index in [9.17, 15) is 4.39 Å². The first-order valence-corrected chi connectivity index (χ1v) is 8.00. The highest BCUT2D eigenvalue weighted by Gasteiger charge is 2.14. The zero-order valence-electron chi connectivity index (χ0n) is 11.5. The maximum atomic E-state index is 13.1. The molecule has 0 aliphatic carbocycles. The van der Waals surface area contributed by atoms with Gasteiger partial charge in [-0.2, -0.15) is 0 Å². The molecule has 0 unspecified atom stereocenters. The van der Waals surface area contributed by atoms with Crippen LogP contribution in [0.5, 0.6) is 0 Å². The van der Waals surface area contributed by atoms with Gasteiger partial charge >= 0.3 is 0 Å². The molecule has 0 fully saturated rings. The summed E-state index contributed by atoms with van der Waals surface area (Å²) in [7, 11) is 0. The lowest BCUT2D eigenvalue weighted by Gasteiger charge is -2.08. The summed E-state index contributed by atoms with van der Waals surface area (Å²) in [6.45, 7) is 0.682. The van der Waals surface area contributed by atoms with Gasteiger partial charge in [-0.1, -0.05) is 12.1 Å². The summed E-state index contributed by atoms with van der Waals surface area (Å²) in [5, 5.41) is 15.1. The van der Waals surface area contributed by atoms with E-state index in [4.69, 9.17) is 16.7 Å². The fourth-order valence-corrected chi connectivity index (χ4v) is 3.34. The van der Waals surface area contributed by atoms with Gasteiger partial charge < -0.3 is 10.4 Å². The quantitative estimate of drug-likeness (QED) is 0.547. The minimum absolute atomic E-state index is 0.101. The van der Waals surface area contributed by atoms with Gasteiger partial charge in [0.25, 0.3) is 0 Å². The van der Waals surface area contributed by atoms with Gasteiger partial charge in [0.2, 0.25) is 5.28 Å². The third-order valence-electron chi connectivity index (χ3n) is 3.19. The van der Waals surface area contributed by atoms with E-state index in [0.29, 0.717) is 18.8 Å². The topological polar surface area (TPSA) is 58.0 Å². The van der Waals surface area contributed by atoms with Crippen molar-refractivity contribution >= 4 is 39.0 Å². The average molecular weight is 338 g/mol. The molecule has 0 aliphatic rings. The van der Waals surface area contributed by atoms with E-state index in [0.717, 1.165) is 21.3 Å². The van der Waals surface area contributed by atoms with Crippen molar-refractivity contribution in [2.45, 2.75) is 6.42 Å². The van der Waals surface area contributed by atoms with E-state index in [1.54, 1.807) is 12.1 Å². The molecule has 4 nitrogen and oxygen atoms in total. The van der Waals surface area contributed by atoms with Crippen LogP contribution in [0.3, 0.4) is 0 Å². The van der Waals surface area contributed by atoms with Gasteiger partial charge in [0.1, 0.15) is 16.5 Å². The second-order valence-electron chi connectivity index (χ2n) is 4.68. The maximum absolute atomic E-state index is 13.1. The molecule has 0 saturated heterocycles. The Morgan fingerprint density at radius 3 is 2.73 bits per heavy atom. The Morgan fingerprint density at radius 1 is 1.23 bits per heavy atom. The molecule has 0 radical (unpaired) electrons. The fourth-order valence-electron chi connectivity index (χ4n) is 2.17. The largest absolute Gasteiger partial charge is 0.396 e. The van der Waals surface area contributed by atoms with Gasteiger partial charge in [-0.3, -0.25) is 0 Å². The van der Waals surface area contributed by atoms with Crippen molar-refractivity contribution in [3.8, 4) is 11.1 Å². The molecule has 22 heavy (non-hydrogen) atoms. The number of aromatic nitrogens is 2. The molecular formula is C15H13ClFN3OS. The molecule has 0 aliphatic heterocycles. The minimum atomic E-state index is -0.274. The van der Waals surface area contributed by atoms with E-state index in [2.05, 4.69) is 15.3 Å². The Balaban J connectivity index is 2.09. The van der Waals surface area contributed by atoms with Crippen LogP contribution in [0.25, 0.3) is 21.3 Å². The fraction of sp³-hybridized carbons (Fsp3) is 0.200. The van der Waals surface area contributed by atoms with E-state index in [-0.39, 0.29) is 17.7 Å². The molecular weight excluding hydrogens is 325 g/mol. The zero-order valence-corrected chi connectivity index (χ0v) is 13.1. The van der Waals surface area contributed by atoms with Crippen LogP contribution in [0.1, 0.15) is 6.42 Å². The van der Waals surface area contributed by atoms with E-state index in [1.807, 2.05) is 5.38 Å². The maximum Gasteiger partial charge on any atom is 0.225 e. The number of anilines is 1. The van der Waals surface area contributed by atoms with Crippen LogP contribution in [0.4, 0.5) is 10.2 Å². The van der Waals surface area contributed by atoms with Gasteiger partial charge in [-0.05, 0) is 35.7 Å². The van der Waals surface area contributed by atoms with Crippen LogP contribution in [0.2, 0.25) is 5.28 Å². The number of halogens is 2. The van der Waals surface area contributed by atoms with Crippen LogP contribution in [0, 0.1) is 5.82 Å². The van der Waals surface area contributed by atoms with E-state index >= 15 is 0 Å². The van der Waals surface area contributed by atoms with Gasteiger partial charge in [0.15, 0.2) is 0 Å². The number of nitrogens with zero attached hydrogens (tertiary/aromatic N) is 2. The summed E-state index contributed by atoms with van der Waals surface area (Å²) in [6.07, 6.45) is 0.610. The van der Waals surface area contributed by atoms with Crippen molar-refractivity contribution < 1.29 is 9.50 Å². The predicted octanol–water partition coefficient (Wildman–Crippen LogP) is 3.95. The number of rotatable bonds is 5. The number of hydrogen-bond acceptors (Lipinski definition) is 5. The van der Waals surface area contributed by atoms with Crippen molar-refractivity contribution in [3.63, 3.8) is 0 Å². The minimum Gasteiger partial charge on any atom is -0.396 e. The third kappa shape index (κ3) is 3.04. The van der Waals surface area contributed by atoms with E-state index in [1.165, 1.54) is 23.5 Å². The SMILES string of the molecule is OCCCNc1nc(Cl)nc2scc(-c3ccc(F)cc3)c12. The van der Waals surface area contributed by atoms with Gasteiger partial charge in [0, 0.05) is 24.1 Å². The lowest BCUT2D eigenvalue weighted by Crippen LogP contribution is -2.06. The molecule has 0 amide bonds. The first-order chi connectivity index (χ1) is 10.7. The Labute approximate surface area is 135 Å². The number of benzene rings is 1. The molecule has 0 saturated carbocycles. The number of aliphatic hydroxyl groups excluding tert-OH is 1. The molecule has 3 aromatic rings. The first kappa shape index (κ1) is 15.1. The van der Waals surface area contributed by atoms with Gasteiger partial charge in [-0.25, -0.2) is 14.4 Å². The first-order valence-electron chi connectivity index (χ1n) is 6.74.